The Balaban J connectivity index is 1.93. The lowest BCUT2D eigenvalue weighted by atomic mass is 9.86. The zero-order valence-corrected chi connectivity index (χ0v) is 11.7. The third-order valence-electron chi connectivity index (χ3n) is 3.94. The fraction of sp³-hybridized carbons (Fsp3) is 0.533. The summed E-state index contributed by atoms with van der Waals surface area (Å²) in [5.41, 5.74) is 7.11. The largest absolute Gasteiger partial charge is 0.399 e. The van der Waals surface area contributed by atoms with E-state index in [4.69, 9.17) is 5.73 Å². The van der Waals surface area contributed by atoms with Gasteiger partial charge in [0, 0.05) is 24.5 Å². The van der Waals surface area contributed by atoms with E-state index in [1.807, 2.05) is 24.1 Å². The molecule has 0 spiro atoms. The van der Waals surface area contributed by atoms with Crippen molar-refractivity contribution in [3.05, 3.63) is 24.3 Å². The Hall–Kier alpha value is -1.71. The summed E-state index contributed by atoms with van der Waals surface area (Å²) in [7, 11) is 1.88. The lowest BCUT2D eigenvalue weighted by Crippen LogP contribution is -2.42. The molecule has 0 aliphatic heterocycles. The Morgan fingerprint density at radius 3 is 2.63 bits per heavy atom. The Labute approximate surface area is 115 Å². The summed E-state index contributed by atoms with van der Waals surface area (Å²) in [6.07, 6.45) is 4.71. The van der Waals surface area contributed by atoms with Crippen LogP contribution in [0.25, 0.3) is 0 Å². The van der Waals surface area contributed by atoms with Gasteiger partial charge in [0.1, 0.15) is 0 Å². The predicted octanol–water partition coefficient (Wildman–Crippen LogP) is 3.31. The van der Waals surface area contributed by atoms with Gasteiger partial charge in [0.15, 0.2) is 0 Å². The minimum absolute atomic E-state index is 0.0381. The summed E-state index contributed by atoms with van der Waals surface area (Å²) >= 11 is 0. The van der Waals surface area contributed by atoms with Gasteiger partial charge < -0.3 is 16.0 Å². The first-order valence-electron chi connectivity index (χ1n) is 6.95. The van der Waals surface area contributed by atoms with Crippen molar-refractivity contribution in [3.8, 4) is 0 Å². The smallest absolute Gasteiger partial charge is 0.321 e. The summed E-state index contributed by atoms with van der Waals surface area (Å²) in [6, 6.07) is 7.55. The Kier molecular flexibility index (Phi) is 4.30. The minimum Gasteiger partial charge on any atom is -0.399 e. The third kappa shape index (κ3) is 3.63. The van der Waals surface area contributed by atoms with Gasteiger partial charge in [-0.3, -0.25) is 0 Å². The summed E-state index contributed by atoms with van der Waals surface area (Å²) in [5.74, 6) is 0.713. The lowest BCUT2D eigenvalue weighted by Gasteiger charge is -2.34. The van der Waals surface area contributed by atoms with Gasteiger partial charge in [0.2, 0.25) is 0 Å². The fourth-order valence-corrected chi connectivity index (χ4v) is 2.70. The Morgan fingerprint density at radius 2 is 2.00 bits per heavy atom. The van der Waals surface area contributed by atoms with Crippen molar-refractivity contribution in [1.29, 1.82) is 0 Å². The lowest BCUT2D eigenvalue weighted by molar-refractivity contribution is 0.171. The maximum atomic E-state index is 12.2. The van der Waals surface area contributed by atoms with E-state index in [2.05, 4.69) is 12.2 Å². The maximum Gasteiger partial charge on any atom is 0.321 e. The summed E-state index contributed by atoms with van der Waals surface area (Å²) < 4.78 is 0. The second kappa shape index (κ2) is 5.95. The van der Waals surface area contributed by atoms with E-state index in [1.54, 1.807) is 12.1 Å². The Bertz CT molecular complexity index is 430. The molecule has 0 aromatic heterocycles. The van der Waals surface area contributed by atoms with E-state index in [0.717, 1.165) is 18.5 Å². The molecular weight excluding hydrogens is 238 g/mol. The van der Waals surface area contributed by atoms with E-state index < -0.39 is 0 Å². The molecule has 3 N–H and O–H groups in total. The fourth-order valence-electron chi connectivity index (χ4n) is 2.70. The normalized spacial score (nSPS) is 22.8. The van der Waals surface area contributed by atoms with Crippen molar-refractivity contribution >= 4 is 17.4 Å². The molecule has 0 radical (unpaired) electrons. The summed E-state index contributed by atoms with van der Waals surface area (Å²) in [6.45, 7) is 2.26. The van der Waals surface area contributed by atoms with Crippen LogP contribution >= 0.6 is 0 Å². The molecule has 2 atom stereocenters. The number of nitrogens with zero attached hydrogens (tertiary/aromatic N) is 1. The third-order valence-corrected chi connectivity index (χ3v) is 3.94. The number of carbonyl (C=O) groups excluding carboxylic acids is 1. The highest BCUT2D eigenvalue weighted by atomic mass is 16.2. The first-order valence-corrected chi connectivity index (χ1v) is 6.95. The van der Waals surface area contributed by atoms with Crippen molar-refractivity contribution in [3.63, 3.8) is 0 Å². The van der Waals surface area contributed by atoms with Crippen LogP contribution in [0.1, 0.15) is 32.6 Å². The molecule has 1 aromatic carbocycles. The molecule has 1 aromatic rings. The number of nitrogens with two attached hydrogens (primary N) is 1. The average Bonchev–Trinajstić information content (AvgIpc) is 2.40. The molecule has 4 nitrogen and oxygen atoms in total. The van der Waals surface area contributed by atoms with Crippen molar-refractivity contribution in [2.45, 2.75) is 38.6 Å². The Morgan fingerprint density at radius 1 is 1.32 bits per heavy atom. The molecule has 0 saturated heterocycles. The first kappa shape index (κ1) is 13.7. The van der Waals surface area contributed by atoms with Crippen LogP contribution in [0.3, 0.4) is 0 Å². The molecular formula is C15H23N3O. The molecule has 1 aliphatic rings. The van der Waals surface area contributed by atoms with Crippen LogP contribution in [0, 0.1) is 5.92 Å². The molecule has 1 saturated carbocycles. The molecule has 1 fully saturated rings. The number of urea groups is 1. The van der Waals surface area contributed by atoms with Gasteiger partial charge in [-0.25, -0.2) is 4.79 Å². The van der Waals surface area contributed by atoms with Crippen molar-refractivity contribution in [1.82, 2.24) is 4.90 Å². The first-order chi connectivity index (χ1) is 9.06. The van der Waals surface area contributed by atoms with Crippen LogP contribution in [-0.4, -0.2) is 24.0 Å². The van der Waals surface area contributed by atoms with Crippen LogP contribution in [0.5, 0.6) is 0 Å². The molecule has 2 unspecified atom stereocenters. The van der Waals surface area contributed by atoms with Gasteiger partial charge in [-0.2, -0.15) is 0 Å². The van der Waals surface area contributed by atoms with E-state index >= 15 is 0 Å². The van der Waals surface area contributed by atoms with E-state index in [1.165, 1.54) is 12.8 Å². The van der Waals surface area contributed by atoms with Gasteiger partial charge in [-0.15, -0.1) is 0 Å². The number of rotatable bonds is 2. The zero-order chi connectivity index (χ0) is 13.8. The van der Waals surface area contributed by atoms with Crippen LogP contribution in [0.2, 0.25) is 0 Å². The van der Waals surface area contributed by atoms with Gasteiger partial charge in [0.25, 0.3) is 0 Å². The SMILES string of the molecule is CC1CCCC(N(C)C(=O)Nc2ccc(N)cc2)C1. The molecule has 1 aliphatic carbocycles. The van der Waals surface area contributed by atoms with E-state index in [0.29, 0.717) is 17.6 Å². The second-order valence-electron chi connectivity index (χ2n) is 5.59. The number of anilines is 2. The topological polar surface area (TPSA) is 58.4 Å². The van der Waals surface area contributed by atoms with E-state index in [9.17, 15) is 4.79 Å². The summed E-state index contributed by atoms with van der Waals surface area (Å²) in [5, 5.41) is 2.91. The monoisotopic (exact) mass is 261 g/mol. The highest BCUT2D eigenvalue weighted by molar-refractivity contribution is 5.89. The molecule has 104 valence electrons. The number of nitrogens with one attached hydrogen (secondary N) is 1. The predicted molar refractivity (Wildman–Crippen MR) is 79.1 cm³/mol. The van der Waals surface area contributed by atoms with Gasteiger partial charge in [0.05, 0.1) is 0 Å². The number of hydrogen-bond donors (Lipinski definition) is 2. The van der Waals surface area contributed by atoms with Crippen LogP contribution in [-0.2, 0) is 0 Å². The number of nitrogen functional groups attached to an aromatic ring is 1. The quantitative estimate of drug-likeness (QED) is 0.802. The number of carbonyl (C=O) groups is 1. The minimum atomic E-state index is -0.0381. The molecule has 0 heterocycles. The number of amides is 2. The van der Waals surface area contributed by atoms with Crippen LogP contribution in [0.15, 0.2) is 24.3 Å². The van der Waals surface area contributed by atoms with E-state index in [-0.39, 0.29) is 6.03 Å². The van der Waals surface area contributed by atoms with Crippen LogP contribution < -0.4 is 11.1 Å². The van der Waals surface area contributed by atoms with Gasteiger partial charge >= 0.3 is 6.03 Å². The molecule has 2 rings (SSSR count). The van der Waals surface area contributed by atoms with Crippen molar-refractivity contribution < 1.29 is 4.79 Å². The highest BCUT2D eigenvalue weighted by Crippen LogP contribution is 2.27. The highest BCUT2D eigenvalue weighted by Gasteiger charge is 2.25. The molecule has 2 amide bonds. The summed E-state index contributed by atoms with van der Waals surface area (Å²) in [4.78, 5) is 14.0. The average molecular weight is 261 g/mol. The molecule has 19 heavy (non-hydrogen) atoms. The van der Waals surface area contributed by atoms with Crippen molar-refractivity contribution in [2.24, 2.45) is 5.92 Å². The van der Waals surface area contributed by atoms with Gasteiger partial charge in [-0.05, 0) is 43.0 Å². The zero-order valence-electron chi connectivity index (χ0n) is 11.7. The second-order valence-corrected chi connectivity index (χ2v) is 5.59. The van der Waals surface area contributed by atoms with Gasteiger partial charge in [-0.1, -0.05) is 19.8 Å². The standard InChI is InChI=1S/C15H23N3O/c1-11-4-3-5-14(10-11)18(2)15(19)17-13-8-6-12(16)7-9-13/h6-9,11,14H,3-5,10,16H2,1-2H3,(H,17,19). The molecule has 4 heteroatoms. The van der Waals surface area contributed by atoms with Crippen LogP contribution in [0.4, 0.5) is 16.2 Å². The van der Waals surface area contributed by atoms with Crippen molar-refractivity contribution in [2.75, 3.05) is 18.1 Å². The molecule has 0 bridgehead atoms. The maximum absolute atomic E-state index is 12.2. The number of benzene rings is 1. The number of hydrogen-bond acceptors (Lipinski definition) is 2.